The Morgan fingerprint density at radius 3 is 2.36 bits per heavy atom. The van der Waals surface area contributed by atoms with Gasteiger partial charge in [-0.2, -0.15) is 0 Å². The Kier molecular flexibility index (Phi) is 5.38. The van der Waals surface area contributed by atoms with Crippen LogP contribution in [0.2, 0.25) is 0 Å². The number of hydrogen-bond acceptors (Lipinski definition) is 5. The topological polar surface area (TPSA) is 65.0 Å². The molecule has 0 aliphatic heterocycles. The normalized spacial score (nSPS) is 10.1. The van der Waals surface area contributed by atoms with Gasteiger partial charge in [0.1, 0.15) is 18.6 Å². The molecule has 0 fully saturated rings. The second kappa shape index (κ2) is 7.47. The van der Waals surface area contributed by atoms with Crippen LogP contribution in [0, 0.1) is 0 Å². The number of ether oxygens (including phenoxy) is 3. The van der Waals surface area contributed by atoms with E-state index in [9.17, 15) is 4.79 Å². The molecule has 2 aromatic rings. The van der Waals surface area contributed by atoms with Crippen LogP contribution in [-0.4, -0.2) is 25.6 Å². The molecule has 116 valence electrons. The van der Waals surface area contributed by atoms with E-state index >= 15 is 0 Å². The minimum absolute atomic E-state index is 0.0636. The van der Waals surface area contributed by atoms with Gasteiger partial charge in [-0.25, -0.2) is 0 Å². The lowest BCUT2D eigenvalue weighted by molar-refractivity contribution is 0.112. The van der Waals surface area contributed by atoms with Gasteiger partial charge in [-0.05, 0) is 35.9 Å². The molecule has 22 heavy (non-hydrogen) atoms. The van der Waals surface area contributed by atoms with E-state index < -0.39 is 0 Å². The van der Waals surface area contributed by atoms with Gasteiger partial charge in [-0.3, -0.25) is 4.79 Å². The highest BCUT2D eigenvalue weighted by Gasteiger charge is 2.09. The Morgan fingerprint density at radius 1 is 1.00 bits per heavy atom. The van der Waals surface area contributed by atoms with Crippen LogP contribution in [0.15, 0.2) is 36.4 Å². The van der Waals surface area contributed by atoms with E-state index in [0.717, 1.165) is 17.4 Å². The lowest BCUT2D eigenvalue weighted by Gasteiger charge is -2.13. The molecule has 2 rings (SSSR count). The molecule has 1 N–H and O–H groups in total. The molecule has 0 saturated carbocycles. The molecule has 0 aromatic heterocycles. The van der Waals surface area contributed by atoms with Crippen LogP contribution < -0.4 is 14.2 Å². The predicted octanol–water partition coefficient (Wildman–Crippen LogP) is 2.59. The minimum Gasteiger partial charge on any atom is -0.496 e. The second-order valence-electron chi connectivity index (χ2n) is 4.62. The van der Waals surface area contributed by atoms with Crippen molar-refractivity contribution < 1.29 is 24.1 Å². The first-order valence-electron chi connectivity index (χ1n) is 6.74. The third-order valence-electron chi connectivity index (χ3n) is 3.23. The zero-order chi connectivity index (χ0) is 15.9. The summed E-state index contributed by atoms with van der Waals surface area (Å²) in [6, 6.07) is 10.4. The van der Waals surface area contributed by atoms with Crippen LogP contribution in [0.3, 0.4) is 0 Å². The number of hydrogen-bond donors (Lipinski definition) is 1. The first-order chi connectivity index (χ1) is 10.7. The highest BCUT2D eigenvalue weighted by Crippen LogP contribution is 2.30. The Morgan fingerprint density at radius 2 is 1.73 bits per heavy atom. The number of carbonyl (C=O) groups excluding carboxylic acids is 1. The van der Waals surface area contributed by atoms with Crippen molar-refractivity contribution in [2.75, 3.05) is 14.2 Å². The quantitative estimate of drug-likeness (QED) is 0.796. The molecule has 5 nitrogen and oxygen atoms in total. The van der Waals surface area contributed by atoms with Gasteiger partial charge < -0.3 is 19.3 Å². The summed E-state index contributed by atoms with van der Waals surface area (Å²) >= 11 is 0. The molecule has 0 bridgehead atoms. The van der Waals surface area contributed by atoms with Crippen molar-refractivity contribution in [3.05, 3.63) is 53.1 Å². The van der Waals surface area contributed by atoms with Crippen LogP contribution in [-0.2, 0) is 13.2 Å². The largest absolute Gasteiger partial charge is 0.496 e. The molecule has 0 unspecified atom stereocenters. The summed E-state index contributed by atoms with van der Waals surface area (Å²) in [7, 11) is 3.10. The van der Waals surface area contributed by atoms with Crippen molar-refractivity contribution in [3.8, 4) is 17.2 Å². The maximum atomic E-state index is 10.9. The molecule has 5 heteroatoms. The SMILES string of the molecule is COc1ccc(C=O)cc1COc1ccc(CO)cc1OC. The first kappa shape index (κ1) is 15.9. The Hall–Kier alpha value is -2.53. The lowest BCUT2D eigenvalue weighted by Crippen LogP contribution is -2.01. The summed E-state index contributed by atoms with van der Waals surface area (Å²) in [6.07, 6.45) is 0.777. The summed E-state index contributed by atoms with van der Waals surface area (Å²) in [4.78, 5) is 10.9. The molecule has 0 radical (unpaired) electrons. The van der Waals surface area contributed by atoms with Crippen molar-refractivity contribution in [2.45, 2.75) is 13.2 Å². The smallest absolute Gasteiger partial charge is 0.161 e. The van der Waals surface area contributed by atoms with Crippen molar-refractivity contribution in [1.29, 1.82) is 0 Å². The number of carbonyl (C=O) groups is 1. The van der Waals surface area contributed by atoms with Gasteiger partial charge in [0.05, 0.1) is 20.8 Å². The van der Waals surface area contributed by atoms with Crippen molar-refractivity contribution in [2.24, 2.45) is 0 Å². The number of aliphatic hydroxyl groups is 1. The summed E-state index contributed by atoms with van der Waals surface area (Å²) < 4.78 is 16.3. The summed E-state index contributed by atoms with van der Waals surface area (Å²) in [6.45, 7) is 0.172. The van der Waals surface area contributed by atoms with Crippen LogP contribution in [0.4, 0.5) is 0 Å². The van der Waals surface area contributed by atoms with Crippen molar-refractivity contribution in [3.63, 3.8) is 0 Å². The number of methoxy groups -OCH3 is 2. The van der Waals surface area contributed by atoms with E-state index in [1.807, 2.05) is 0 Å². The van der Waals surface area contributed by atoms with Crippen LogP contribution >= 0.6 is 0 Å². The van der Waals surface area contributed by atoms with E-state index in [-0.39, 0.29) is 13.2 Å². The standard InChI is InChI=1S/C17H18O5/c1-20-15-5-3-12(9-18)7-14(15)11-22-16-6-4-13(10-19)8-17(16)21-2/h3-9,19H,10-11H2,1-2H3. The van der Waals surface area contributed by atoms with E-state index in [2.05, 4.69) is 0 Å². The molecule has 2 aromatic carbocycles. The van der Waals surface area contributed by atoms with Crippen molar-refractivity contribution >= 4 is 6.29 Å². The average molecular weight is 302 g/mol. The van der Waals surface area contributed by atoms with Gasteiger partial charge in [-0.1, -0.05) is 6.07 Å². The molecule has 0 amide bonds. The summed E-state index contributed by atoms with van der Waals surface area (Å²) in [5.74, 6) is 1.74. The highest BCUT2D eigenvalue weighted by molar-refractivity contribution is 5.75. The highest BCUT2D eigenvalue weighted by atomic mass is 16.5. The Balaban J connectivity index is 2.21. The average Bonchev–Trinajstić information content (AvgIpc) is 2.59. The monoisotopic (exact) mass is 302 g/mol. The fourth-order valence-electron chi connectivity index (χ4n) is 2.07. The minimum atomic E-state index is -0.0636. The number of aldehydes is 1. The van der Waals surface area contributed by atoms with Crippen molar-refractivity contribution in [1.82, 2.24) is 0 Å². The number of aliphatic hydroxyl groups excluding tert-OH is 1. The molecule has 0 atom stereocenters. The van der Waals surface area contributed by atoms with E-state index in [1.54, 1.807) is 43.5 Å². The number of benzene rings is 2. The third kappa shape index (κ3) is 3.56. The van der Waals surface area contributed by atoms with E-state index in [4.69, 9.17) is 19.3 Å². The molecule has 0 aliphatic carbocycles. The second-order valence-corrected chi connectivity index (χ2v) is 4.62. The fraction of sp³-hybridized carbons (Fsp3) is 0.235. The molecule has 0 saturated heterocycles. The van der Waals surface area contributed by atoms with Crippen LogP contribution in [0.1, 0.15) is 21.5 Å². The van der Waals surface area contributed by atoms with Crippen LogP contribution in [0.5, 0.6) is 17.2 Å². The Labute approximate surface area is 129 Å². The Bertz CT molecular complexity index is 651. The summed E-state index contributed by atoms with van der Waals surface area (Å²) in [5, 5.41) is 9.14. The zero-order valence-corrected chi connectivity index (χ0v) is 12.5. The zero-order valence-electron chi connectivity index (χ0n) is 12.5. The van der Waals surface area contributed by atoms with Gasteiger partial charge in [0.25, 0.3) is 0 Å². The van der Waals surface area contributed by atoms with Gasteiger partial charge in [0.2, 0.25) is 0 Å². The third-order valence-corrected chi connectivity index (χ3v) is 3.23. The summed E-state index contributed by atoms with van der Waals surface area (Å²) in [5.41, 5.74) is 2.06. The lowest BCUT2D eigenvalue weighted by atomic mass is 10.1. The van der Waals surface area contributed by atoms with Gasteiger partial charge in [-0.15, -0.1) is 0 Å². The fourth-order valence-corrected chi connectivity index (χ4v) is 2.07. The van der Waals surface area contributed by atoms with Gasteiger partial charge in [0, 0.05) is 11.1 Å². The predicted molar refractivity (Wildman–Crippen MR) is 81.6 cm³/mol. The number of rotatable bonds is 7. The first-order valence-corrected chi connectivity index (χ1v) is 6.74. The van der Waals surface area contributed by atoms with E-state index in [0.29, 0.717) is 22.8 Å². The van der Waals surface area contributed by atoms with Gasteiger partial charge in [0.15, 0.2) is 11.5 Å². The molecular formula is C17H18O5. The molecule has 0 spiro atoms. The van der Waals surface area contributed by atoms with Crippen LogP contribution in [0.25, 0.3) is 0 Å². The molecule has 0 aliphatic rings. The maximum Gasteiger partial charge on any atom is 0.161 e. The van der Waals surface area contributed by atoms with Gasteiger partial charge >= 0.3 is 0 Å². The maximum absolute atomic E-state index is 10.9. The van der Waals surface area contributed by atoms with E-state index in [1.165, 1.54) is 7.11 Å². The molecular weight excluding hydrogens is 284 g/mol. The molecule has 0 heterocycles.